The third kappa shape index (κ3) is 4.99. The largest absolute Gasteiger partial charge is 0.416 e. The highest BCUT2D eigenvalue weighted by Gasteiger charge is 2.32. The summed E-state index contributed by atoms with van der Waals surface area (Å²) in [4.78, 5) is 15.4. The van der Waals surface area contributed by atoms with Crippen LogP contribution < -0.4 is 10.9 Å². The monoisotopic (exact) mass is 383 g/mol. The molecule has 0 spiro atoms. The van der Waals surface area contributed by atoms with Crippen molar-refractivity contribution in [1.29, 1.82) is 0 Å². The molecule has 25 heavy (non-hydrogen) atoms. The molecule has 4 nitrogen and oxygen atoms in total. The summed E-state index contributed by atoms with van der Waals surface area (Å²) in [5, 5.41) is -0.481. The van der Waals surface area contributed by atoms with Crippen LogP contribution in [-0.2, 0) is 12.4 Å². The van der Waals surface area contributed by atoms with E-state index in [1.807, 2.05) is 5.43 Å². The van der Waals surface area contributed by atoms with Gasteiger partial charge in [0.1, 0.15) is 11.0 Å². The number of anilines is 1. The van der Waals surface area contributed by atoms with Crippen molar-refractivity contribution in [2.24, 2.45) is 0 Å². The molecule has 1 aromatic heterocycles. The molecule has 2 aromatic rings. The lowest BCUT2D eigenvalue weighted by molar-refractivity contribution is -0.138. The molecule has 0 saturated carbocycles. The summed E-state index contributed by atoms with van der Waals surface area (Å²) in [6.07, 6.45) is -9.33. The number of hydrazine groups is 1. The van der Waals surface area contributed by atoms with Gasteiger partial charge in [0, 0.05) is 5.56 Å². The highest BCUT2D eigenvalue weighted by Crippen LogP contribution is 2.32. The Bertz CT molecular complexity index is 791. The van der Waals surface area contributed by atoms with E-state index in [4.69, 9.17) is 11.6 Å². The van der Waals surface area contributed by atoms with Crippen molar-refractivity contribution in [3.63, 3.8) is 0 Å². The SMILES string of the molecule is O=C(NNc1cc(C(F)(F)F)cc(Cl)n1)c1cccc(C(F)(F)F)c1. The molecule has 1 aromatic carbocycles. The minimum Gasteiger partial charge on any atom is -0.282 e. The predicted octanol–water partition coefficient (Wildman–Crippen LogP) is 4.53. The quantitative estimate of drug-likeness (QED) is 0.465. The number of rotatable bonds is 3. The van der Waals surface area contributed by atoms with Crippen LogP contribution >= 0.6 is 11.6 Å². The Morgan fingerprint density at radius 3 is 2.20 bits per heavy atom. The summed E-state index contributed by atoms with van der Waals surface area (Å²) in [5.74, 6) is -1.43. The summed E-state index contributed by atoms with van der Waals surface area (Å²) in [6, 6.07) is 4.68. The van der Waals surface area contributed by atoms with Gasteiger partial charge in [0.2, 0.25) is 0 Å². The molecular weight excluding hydrogens is 376 g/mol. The second kappa shape index (κ2) is 6.79. The maximum Gasteiger partial charge on any atom is 0.416 e. The Morgan fingerprint density at radius 2 is 1.60 bits per heavy atom. The van der Waals surface area contributed by atoms with Gasteiger partial charge >= 0.3 is 12.4 Å². The van der Waals surface area contributed by atoms with E-state index in [1.165, 1.54) is 0 Å². The van der Waals surface area contributed by atoms with Crippen LogP contribution in [0.3, 0.4) is 0 Å². The van der Waals surface area contributed by atoms with Gasteiger partial charge in [0.05, 0.1) is 11.1 Å². The third-order valence-electron chi connectivity index (χ3n) is 2.88. The molecule has 1 amide bonds. The summed E-state index contributed by atoms with van der Waals surface area (Å²) in [5.41, 5.74) is 1.54. The van der Waals surface area contributed by atoms with Gasteiger partial charge in [0.15, 0.2) is 0 Å². The standard InChI is InChI=1S/C14H8ClF6N3O/c15-10-5-9(14(19,20)21)6-11(22-10)23-24-12(25)7-2-1-3-8(4-7)13(16,17)18/h1-6H,(H,22,23)(H,24,25). The zero-order valence-corrected chi connectivity index (χ0v) is 12.7. The Kier molecular flexibility index (Phi) is 5.12. The first-order valence-corrected chi connectivity index (χ1v) is 6.83. The first-order valence-electron chi connectivity index (χ1n) is 6.45. The summed E-state index contributed by atoms with van der Waals surface area (Å²) >= 11 is 5.47. The van der Waals surface area contributed by atoms with E-state index in [0.717, 1.165) is 18.2 Å². The number of nitrogens with zero attached hydrogens (tertiary/aromatic N) is 1. The lowest BCUT2D eigenvalue weighted by Gasteiger charge is -2.12. The predicted molar refractivity (Wildman–Crippen MR) is 76.8 cm³/mol. The number of amides is 1. The van der Waals surface area contributed by atoms with Crippen LogP contribution in [0.15, 0.2) is 36.4 Å². The number of carbonyl (C=O) groups is 1. The van der Waals surface area contributed by atoms with Crippen molar-refractivity contribution in [3.05, 3.63) is 58.2 Å². The molecule has 2 rings (SSSR count). The second-order valence-corrected chi connectivity index (χ2v) is 5.11. The van der Waals surface area contributed by atoms with Gasteiger partial charge in [-0.05, 0) is 30.3 Å². The molecular formula is C14H8ClF6N3O. The van der Waals surface area contributed by atoms with E-state index in [1.54, 1.807) is 0 Å². The Balaban J connectivity index is 2.14. The van der Waals surface area contributed by atoms with Crippen LogP contribution in [0.4, 0.5) is 32.2 Å². The summed E-state index contributed by atoms with van der Waals surface area (Å²) < 4.78 is 75.8. The summed E-state index contributed by atoms with van der Waals surface area (Å²) in [7, 11) is 0. The van der Waals surface area contributed by atoms with Crippen LogP contribution in [0.5, 0.6) is 0 Å². The Labute approximate surface area is 141 Å². The van der Waals surface area contributed by atoms with Gasteiger partial charge < -0.3 is 0 Å². The Morgan fingerprint density at radius 1 is 0.960 bits per heavy atom. The van der Waals surface area contributed by atoms with Crippen molar-refractivity contribution in [2.75, 3.05) is 5.43 Å². The van der Waals surface area contributed by atoms with E-state index in [2.05, 4.69) is 10.4 Å². The molecule has 0 radical (unpaired) electrons. The van der Waals surface area contributed by atoms with Gasteiger partial charge in [-0.15, -0.1) is 0 Å². The van der Waals surface area contributed by atoms with Crippen molar-refractivity contribution >= 4 is 23.3 Å². The normalized spacial score (nSPS) is 12.0. The highest BCUT2D eigenvalue weighted by molar-refractivity contribution is 6.29. The first kappa shape index (κ1) is 18.8. The highest BCUT2D eigenvalue weighted by atomic mass is 35.5. The average Bonchev–Trinajstić information content (AvgIpc) is 2.50. The molecule has 0 unspecified atom stereocenters. The molecule has 0 bridgehead atoms. The number of carbonyl (C=O) groups excluding carboxylic acids is 1. The molecule has 1 heterocycles. The van der Waals surface area contributed by atoms with Crippen LogP contribution in [0.25, 0.3) is 0 Å². The van der Waals surface area contributed by atoms with Gasteiger partial charge in [-0.2, -0.15) is 26.3 Å². The van der Waals surface area contributed by atoms with Crippen LogP contribution in [0, 0.1) is 0 Å². The number of halogens is 7. The van der Waals surface area contributed by atoms with Crippen LogP contribution in [0.1, 0.15) is 21.5 Å². The minimum absolute atomic E-state index is 0.347. The fourth-order valence-electron chi connectivity index (χ4n) is 1.75. The molecule has 0 fully saturated rings. The molecule has 0 aliphatic heterocycles. The van der Waals surface area contributed by atoms with E-state index in [-0.39, 0.29) is 5.56 Å². The molecule has 0 aliphatic rings. The van der Waals surface area contributed by atoms with Crippen LogP contribution in [0.2, 0.25) is 5.15 Å². The number of pyridine rings is 1. The van der Waals surface area contributed by atoms with Crippen molar-refractivity contribution in [1.82, 2.24) is 10.4 Å². The number of hydrogen-bond donors (Lipinski definition) is 2. The van der Waals surface area contributed by atoms with Crippen molar-refractivity contribution in [2.45, 2.75) is 12.4 Å². The summed E-state index contributed by atoms with van der Waals surface area (Å²) in [6.45, 7) is 0. The lowest BCUT2D eigenvalue weighted by Crippen LogP contribution is -2.30. The third-order valence-corrected chi connectivity index (χ3v) is 3.07. The fourth-order valence-corrected chi connectivity index (χ4v) is 1.96. The molecule has 0 atom stereocenters. The topological polar surface area (TPSA) is 54.0 Å². The van der Waals surface area contributed by atoms with E-state index >= 15 is 0 Å². The molecule has 134 valence electrons. The maximum absolute atomic E-state index is 12.7. The number of aromatic nitrogens is 1. The number of hydrogen-bond acceptors (Lipinski definition) is 3. The van der Waals surface area contributed by atoms with Gasteiger partial charge in [-0.1, -0.05) is 17.7 Å². The average molecular weight is 384 g/mol. The van der Waals surface area contributed by atoms with Gasteiger partial charge in [0.25, 0.3) is 5.91 Å². The van der Waals surface area contributed by atoms with E-state index in [0.29, 0.717) is 18.2 Å². The maximum atomic E-state index is 12.7. The number of nitrogens with one attached hydrogen (secondary N) is 2. The number of benzene rings is 1. The van der Waals surface area contributed by atoms with Crippen LogP contribution in [-0.4, -0.2) is 10.9 Å². The van der Waals surface area contributed by atoms with E-state index in [9.17, 15) is 31.1 Å². The minimum atomic E-state index is -4.69. The molecule has 0 aliphatic carbocycles. The van der Waals surface area contributed by atoms with Crippen molar-refractivity contribution < 1.29 is 31.1 Å². The first-order chi connectivity index (χ1) is 11.5. The zero-order valence-electron chi connectivity index (χ0n) is 12.0. The van der Waals surface area contributed by atoms with Gasteiger partial charge in [-0.25, -0.2) is 4.98 Å². The second-order valence-electron chi connectivity index (χ2n) is 4.72. The van der Waals surface area contributed by atoms with Gasteiger partial charge in [-0.3, -0.25) is 15.6 Å². The molecule has 0 saturated heterocycles. The fraction of sp³-hybridized carbons (Fsp3) is 0.143. The number of alkyl halides is 6. The van der Waals surface area contributed by atoms with Crippen molar-refractivity contribution in [3.8, 4) is 0 Å². The van der Waals surface area contributed by atoms with E-state index < -0.39 is 40.4 Å². The zero-order chi connectivity index (χ0) is 18.8. The lowest BCUT2D eigenvalue weighted by atomic mass is 10.1. The molecule has 2 N–H and O–H groups in total. The molecule has 11 heteroatoms. The Hall–Kier alpha value is -2.49. The smallest absolute Gasteiger partial charge is 0.282 e.